The molecule has 1 atom stereocenters. The van der Waals surface area contributed by atoms with E-state index >= 15 is 0 Å². The average Bonchev–Trinajstić information content (AvgIpc) is 3.13. The zero-order valence-electron chi connectivity index (χ0n) is 21.2. The standard InChI is InChI=1S/C28H34N2O6/c1-4-5-15-34-21-10-7-19(8-11-21)25-24(27(32)28(33)30(25)14-6-13-29(2)3)26(31)20-9-12-22-23(18-20)36-17-16-35-22/h7-12,18,25,31H,4-6,13-17H2,1-3H3/b26-24+. The Labute approximate surface area is 212 Å². The molecule has 0 aromatic heterocycles. The maximum absolute atomic E-state index is 13.2. The lowest BCUT2D eigenvalue weighted by atomic mass is 9.95. The molecule has 0 aliphatic carbocycles. The largest absolute Gasteiger partial charge is 0.507 e. The fraction of sp³-hybridized carbons (Fsp3) is 0.429. The Kier molecular flexibility index (Phi) is 8.15. The second-order valence-corrected chi connectivity index (χ2v) is 9.28. The molecule has 8 nitrogen and oxygen atoms in total. The first-order chi connectivity index (χ1) is 17.4. The smallest absolute Gasteiger partial charge is 0.295 e. The minimum Gasteiger partial charge on any atom is -0.507 e. The van der Waals surface area contributed by atoms with Crippen molar-refractivity contribution in [1.82, 2.24) is 9.80 Å². The van der Waals surface area contributed by atoms with Gasteiger partial charge in [0.05, 0.1) is 18.2 Å². The fourth-order valence-corrected chi connectivity index (χ4v) is 4.44. The summed E-state index contributed by atoms with van der Waals surface area (Å²) in [5, 5.41) is 11.3. The number of benzene rings is 2. The van der Waals surface area contributed by atoms with Crippen LogP contribution in [0, 0.1) is 0 Å². The van der Waals surface area contributed by atoms with Crippen molar-refractivity contribution in [3.05, 3.63) is 59.2 Å². The van der Waals surface area contributed by atoms with E-state index in [-0.39, 0.29) is 11.3 Å². The average molecular weight is 495 g/mol. The van der Waals surface area contributed by atoms with Gasteiger partial charge in [-0.15, -0.1) is 0 Å². The Bertz CT molecular complexity index is 1130. The number of aliphatic hydroxyl groups excluding tert-OH is 1. The van der Waals surface area contributed by atoms with Gasteiger partial charge in [-0.1, -0.05) is 25.5 Å². The van der Waals surface area contributed by atoms with E-state index in [0.717, 1.165) is 30.7 Å². The molecule has 0 bridgehead atoms. The predicted octanol–water partition coefficient (Wildman–Crippen LogP) is 4.01. The summed E-state index contributed by atoms with van der Waals surface area (Å²) in [7, 11) is 3.93. The minimum absolute atomic E-state index is 0.0705. The van der Waals surface area contributed by atoms with E-state index in [1.54, 1.807) is 23.1 Å². The summed E-state index contributed by atoms with van der Waals surface area (Å²) in [4.78, 5) is 30.0. The molecular formula is C28H34N2O6. The SMILES string of the molecule is CCCCOc1ccc(C2/C(=C(\O)c3ccc4c(c3)OCCO4)C(=O)C(=O)N2CCCN(C)C)cc1. The molecule has 0 saturated carbocycles. The van der Waals surface area contributed by atoms with E-state index in [1.807, 2.05) is 43.3 Å². The second kappa shape index (κ2) is 11.5. The van der Waals surface area contributed by atoms with E-state index in [2.05, 4.69) is 6.92 Å². The Morgan fingerprint density at radius 3 is 2.47 bits per heavy atom. The van der Waals surface area contributed by atoms with Gasteiger partial charge in [-0.05, 0) is 69.4 Å². The number of carbonyl (C=O) groups is 2. The van der Waals surface area contributed by atoms with Gasteiger partial charge >= 0.3 is 0 Å². The molecule has 2 aliphatic heterocycles. The summed E-state index contributed by atoms with van der Waals surface area (Å²) in [6.45, 7) is 4.74. The van der Waals surface area contributed by atoms with Crippen LogP contribution in [0.15, 0.2) is 48.0 Å². The van der Waals surface area contributed by atoms with Crippen LogP contribution in [0.5, 0.6) is 17.2 Å². The normalized spacial score (nSPS) is 18.7. The van der Waals surface area contributed by atoms with E-state index in [1.165, 1.54) is 0 Å². The van der Waals surface area contributed by atoms with Crippen LogP contribution in [0.2, 0.25) is 0 Å². The highest BCUT2D eigenvalue weighted by Crippen LogP contribution is 2.41. The third-order valence-corrected chi connectivity index (χ3v) is 6.32. The number of aliphatic hydroxyl groups is 1. The highest BCUT2D eigenvalue weighted by molar-refractivity contribution is 6.46. The first-order valence-electron chi connectivity index (χ1n) is 12.5. The van der Waals surface area contributed by atoms with Gasteiger partial charge in [0.2, 0.25) is 0 Å². The van der Waals surface area contributed by atoms with Gasteiger partial charge in [0.25, 0.3) is 11.7 Å². The third-order valence-electron chi connectivity index (χ3n) is 6.32. The van der Waals surface area contributed by atoms with Gasteiger partial charge in [0.15, 0.2) is 11.5 Å². The van der Waals surface area contributed by atoms with E-state index in [0.29, 0.717) is 49.8 Å². The number of fused-ring (bicyclic) bond motifs is 1. The number of nitrogens with zero attached hydrogens (tertiary/aromatic N) is 2. The number of hydrogen-bond acceptors (Lipinski definition) is 7. The topological polar surface area (TPSA) is 88.5 Å². The van der Waals surface area contributed by atoms with Crippen LogP contribution < -0.4 is 14.2 Å². The van der Waals surface area contributed by atoms with E-state index < -0.39 is 17.7 Å². The molecule has 0 radical (unpaired) electrons. The van der Waals surface area contributed by atoms with Crippen molar-refractivity contribution in [2.75, 3.05) is 47.0 Å². The molecule has 1 fully saturated rings. The van der Waals surface area contributed by atoms with Gasteiger partial charge in [-0.3, -0.25) is 9.59 Å². The van der Waals surface area contributed by atoms with Crippen LogP contribution in [-0.4, -0.2) is 73.6 Å². The van der Waals surface area contributed by atoms with Crippen molar-refractivity contribution in [3.8, 4) is 17.2 Å². The van der Waals surface area contributed by atoms with Crippen molar-refractivity contribution in [3.63, 3.8) is 0 Å². The van der Waals surface area contributed by atoms with Gasteiger partial charge in [-0.2, -0.15) is 0 Å². The summed E-state index contributed by atoms with van der Waals surface area (Å²) < 4.78 is 17.0. The lowest BCUT2D eigenvalue weighted by Crippen LogP contribution is -2.32. The van der Waals surface area contributed by atoms with Gasteiger partial charge in [-0.25, -0.2) is 0 Å². The second-order valence-electron chi connectivity index (χ2n) is 9.28. The molecule has 8 heteroatoms. The van der Waals surface area contributed by atoms with Crippen molar-refractivity contribution in [2.24, 2.45) is 0 Å². The predicted molar refractivity (Wildman–Crippen MR) is 136 cm³/mol. The molecular weight excluding hydrogens is 460 g/mol. The molecule has 36 heavy (non-hydrogen) atoms. The quantitative estimate of drug-likeness (QED) is 0.231. The summed E-state index contributed by atoms with van der Waals surface area (Å²) in [6.07, 6.45) is 2.70. The van der Waals surface area contributed by atoms with Crippen LogP contribution in [0.4, 0.5) is 0 Å². The number of hydrogen-bond donors (Lipinski definition) is 1. The van der Waals surface area contributed by atoms with Crippen molar-refractivity contribution in [2.45, 2.75) is 32.2 Å². The van der Waals surface area contributed by atoms with Gasteiger partial charge < -0.3 is 29.1 Å². The zero-order chi connectivity index (χ0) is 25.7. The number of amides is 1. The third kappa shape index (κ3) is 5.49. The monoisotopic (exact) mass is 494 g/mol. The van der Waals surface area contributed by atoms with E-state index in [4.69, 9.17) is 14.2 Å². The summed E-state index contributed by atoms with van der Waals surface area (Å²) in [6, 6.07) is 11.7. The molecule has 1 saturated heterocycles. The van der Waals surface area contributed by atoms with Crippen LogP contribution in [0.3, 0.4) is 0 Å². The number of carbonyl (C=O) groups excluding carboxylic acids is 2. The molecule has 1 unspecified atom stereocenters. The number of likely N-dealkylation sites (tertiary alicyclic amines) is 1. The summed E-state index contributed by atoms with van der Waals surface area (Å²) >= 11 is 0. The minimum atomic E-state index is -0.704. The first kappa shape index (κ1) is 25.6. The zero-order valence-corrected chi connectivity index (χ0v) is 21.2. The fourth-order valence-electron chi connectivity index (χ4n) is 4.44. The Morgan fingerprint density at radius 2 is 1.78 bits per heavy atom. The van der Waals surface area contributed by atoms with Crippen LogP contribution in [0.25, 0.3) is 5.76 Å². The molecule has 1 amide bonds. The van der Waals surface area contributed by atoms with Crippen molar-refractivity contribution >= 4 is 17.4 Å². The number of ether oxygens (including phenoxy) is 3. The molecule has 192 valence electrons. The summed E-state index contributed by atoms with van der Waals surface area (Å²) in [5.74, 6) is 0.270. The van der Waals surface area contributed by atoms with E-state index in [9.17, 15) is 14.7 Å². The van der Waals surface area contributed by atoms with Crippen LogP contribution >= 0.6 is 0 Å². The number of ketones is 1. The van der Waals surface area contributed by atoms with Crippen LogP contribution in [0.1, 0.15) is 43.4 Å². The molecule has 0 spiro atoms. The maximum Gasteiger partial charge on any atom is 0.295 e. The Hall–Kier alpha value is -3.52. The number of Topliss-reactive ketones (excluding diaryl/α,β-unsaturated/α-hetero) is 1. The van der Waals surface area contributed by atoms with Crippen LogP contribution in [-0.2, 0) is 9.59 Å². The van der Waals surface area contributed by atoms with Crippen molar-refractivity contribution in [1.29, 1.82) is 0 Å². The molecule has 2 heterocycles. The van der Waals surface area contributed by atoms with Gasteiger partial charge in [0, 0.05) is 12.1 Å². The maximum atomic E-state index is 13.2. The lowest BCUT2D eigenvalue weighted by molar-refractivity contribution is -0.139. The Balaban J connectivity index is 1.71. The van der Waals surface area contributed by atoms with Crippen molar-refractivity contribution < 1.29 is 28.9 Å². The molecule has 2 aromatic carbocycles. The Morgan fingerprint density at radius 1 is 1.06 bits per heavy atom. The summed E-state index contributed by atoms with van der Waals surface area (Å²) in [5.41, 5.74) is 1.21. The number of rotatable bonds is 10. The lowest BCUT2D eigenvalue weighted by Gasteiger charge is -2.26. The first-order valence-corrected chi connectivity index (χ1v) is 12.5. The molecule has 2 aromatic rings. The highest BCUT2D eigenvalue weighted by atomic mass is 16.6. The van der Waals surface area contributed by atoms with Gasteiger partial charge in [0.1, 0.15) is 24.7 Å². The number of unbranched alkanes of at least 4 members (excludes halogenated alkanes) is 1. The molecule has 1 N–H and O–H groups in total. The highest BCUT2D eigenvalue weighted by Gasteiger charge is 2.45. The molecule has 2 aliphatic rings. The molecule has 4 rings (SSSR count).